The van der Waals surface area contributed by atoms with Crippen LogP contribution in [0.2, 0.25) is 0 Å². The number of anilines is 2. The van der Waals surface area contributed by atoms with Crippen LogP contribution < -0.4 is 16.0 Å². The highest BCUT2D eigenvalue weighted by atomic mass is 16.2. The number of nitrogens with two attached hydrogens (primary N) is 1. The van der Waals surface area contributed by atoms with Gasteiger partial charge < -0.3 is 16.0 Å². The van der Waals surface area contributed by atoms with Crippen LogP contribution >= 0.6 is 0 Å². The Morgan fingerprint density at radius 2 is 1.85 bits per heavy atom. The quantitative estimate of drug-likeness (QED) is 0.443. The van der Waals surface area contributed by atoms with E-state index in [-0.39, 0.29) is 17.4 Å². The number of Topliss-reactive ketones (excluding diaryl/α,β-unsaturated/α-hetero) is 1. The number of amides is 2. The van der Waals surface area contributed by atoms with Gasteiger partial charge in [0.25, 0.3) is 11.7 Å². The van der Waals surface area contributed by atoms with Crippen molar-refractivity contribution in [2.75, 3.05) is 23.3 Å². The van der Waals surface area contributed by atoms with Gasteiger partial charge in [-0.2, -0.15) is 5.10 Å². The number of hydrogen-bond acceptors (Lipinski definition) is 6. The topological polar surface area (TPSA) is 123 Å². The fraction of sp³-hybridized carbons (Fsp3) is 0.292. The Balaban J connectivity index is 1.46. The fourth-order valence-corrected chi connectivity index (χ4v) is 4.16. The second-order valence-electron chi connectivity index (χ2n) is 8.17. The number of nitrogens with one attached hydrogen (secondary N) is 1. The minimum absolute atomic E-state index is 0.194. The van der Waals surface area contributed by atoms with Gasteiger partial charge in [0, 0.05) is 13.1 Å². The van der Waals surface area contributed by atoms with Crippen LogP contribution in [0.1, 0.15) is 34.6 Å². The van der Waals surface area contributed by atoms with Crippen LogP contribution in [0, 0.1) is 19.8 Å². The number of carbonyl (C=O) groups is 3. The van der Waals surface area contributed by atoms with Crippen LogP contribution in [-0.4, -0.2) is 45.5 Å². The van der Waals surface area contributed by atoms with Crippen molar-refractivity contribution in [1.29, 1.82) is 0 Å². The number of ketones is 1. The van der Waals surface area contributed by atoms with E-state index in [9.17, 15) is 14.4 Å². The third-order valence-electron chi connectivity index (χ3n) is 5.88. The van der Waals surface area contributed by atoms with Crippen molar-refractivity contribution < 1.29 is 14.4 Å². The molecule has 170 valence electrons. The van der Waals surface area contributed by atoms with Crippen molar-refractivity contribution in [3.8, 4) is 5.69 Å². The smallest absolute Gasteiger partial charge is 0.296 e. The van der Waals surface area contributed by atoms with Crippen molar-refractivity contribution in [3.63, 3.8) is 0 Å². The van der Waals surface area contributed by atoms with E-state index >= 15 is 0 Å². The summed E-state index contributed by atoms with van der Waals surface area (Å²) in [5.74, 6) is -1.21. The van der Waals surface area contributed by atoms with Crippen LogP contribution in [0.5, 0.6) is 0 Å². The van der Waals surface area contributed by atoms with Crippen LogP contribution in [0.3, 0.4) is 0 Å². The molecule has 9 nitrogen and oxygen atoms in total. The predicted molar refractivity (Wildman–Crippen MR) is 124 cm³/mol. The summed E-state index contributed by atoms with van der Waals surface area (Å²) in [6, 6.07) is 12.9. The van der Waals surface area contributed by atoms with Crippen molar-refractivity contribution in [3.05, 3.63) is 65.6 Å². The van der Waals surface area contributed by atoms with Gasteiger partial charge in [-0.25, -0.2) is 9.67 Å². The first kappa shape index (κ1) is 22.2. The molecule has 3 aromatic rings. The summed E-state index contributed by atoms with van der Waals surface area (Å²) in [7, 11) is 0. The molecule has 0 bridgehead atoms. The molecule has 1 unspecified atom stereocenters. The van der Waals surface area contributed by atoms with E-state index in [0.717, 1.165) is 25.1 Å². The molecule has 1 aliphatic heterocycles. The monoisotopic (exact) mass is 446 g/mol. The highest BCUT2D eigenvalue weighted by molar-refractivity contribution is 6.47. The minimum atomic E-state index is -0.755. The van der Waals surface area contributed by atoms with E-state index in [1.807, 2.05) is 35.2 Å². The Bertz CT molecular complexity index is 1190. The van der Waals surface area contributed by atoms with Gasteiger partial charge in [0.05, 0.1) is 40.4 Å². The summed E-state index contributed by atoms with van der Waals surface area (Å²) in [5, 5.41) is 7.06. The molecule has 2 amide bonds. The summed E-state index contributed by atoms with van der Waals surface area (Å²) >= 11 is 0. The number of carbonyl (C=O) groups excluding carboxylic acids is 3. The molecule has 1 aromatic carbocycles. The normalized spacial score (nSPS) is 15.8. The fourth-order valence-electron chi connectivity index (χ4n) is 4.16. The number of nitrogens with zero attached hydrogens (tertiary/aromatic N) is 4. The number of benzene rings is 1. The van der Waals surface area contributed by atoms with E-state index in [2.05, 4.69) is 15.4 Å². The molecule has 0 radical (unpaired) electrons. The van der Waals surface area contributed by atoms with Crippen LogP contribution in [-0.2, 0) is 9.59 Å². The maximum Gasteiger partial charge on any atom is 0.296 e. The number of para-hydroxylation sites is 1. The van der Waals surface area contributed by atoms with E-state index in [1.165, 1.54) is 6.20 Å². The third-order valence-corrected chi connectivity index (χ3v) is 5.88. The first-order valence-electron chi connectivity index (χ1n) is 10.8. The predicted octanol–water partition coefficient (Wildman–Crippen LogP) is 2.41. The molecule has 1 fully saturated rings. The molecule has 4 rings (SSSR count). The molecule has 2 aromatic heterocycles. The Kier molecular flexibility index (Phi) is 6.21. The number of aromatic nitrogens is 3. The van der Waals surface area contributed by atoms with Gasteiger partial charge in [-0.15, -0.1) is 0 Å². The molecule has 0 spiro atoms. The summed E-state index contributed by atoms with van der Waals surface area (Å²) in [5.41, 5.74) is 8.04. The summed E-state index contributed by atoms with van der Waals surface area (Å²) in [6.45, 7) is 4.78. The minimum Gasteiger partial charge on any atom is -0.369 e. The summed E-state index contributed by atoms with van der Waals surface area (Å²) in [6.07, 6.45) is 3.14. The average molecular weight is 447 g/mol. The molecule has 3 heterocycles. The Labute approximate surface area is 191 Å². The number of rotatable bonds is 6. The standard InChI is InChI=1S/C24H26N6O3/c1-15-21(16(2)30(28-15)19-8-4-3-5-9-19)22(31)24(33)27-18-10-11-20(26-13-18)29-12-6-7-17(14-29)23(25)32/h3-5,8-11,13,17H,6-7,12,14H2,1-2H3,(H2,25,32)(H,27,33). The Morgan fingerprint density at radius 1 is 1.09 bits per heavy atom. The van der Waals surface area contributed by atoms with E-state index in [4.69, 9.17) is 5.73 Å². The second-order valence-corrected chi connectivity index (χ2v) is 8.17. The van der Waals surface area contributed by atoms with Crippen molar-refractivity contribution in [2.45, 2.75) is 26.7 Å². The van der Waals surface area contributed by atoms with Crippen molar-refractivity contribution in [1.82, 2.24) is 14.8 Å². The third kappa shape index (κ3) is 4.62. The van der Waals surface area contributed by atoms with E-state index in [0.29, 0.717) is 29.4 Å². The molecule has 1 atom stereocenters. The molecule has 9 heteroatoms. The maximum atomic E-state index is 12.9. The number of pyridine rings is 1. The van der Waals surface area contributed by atoms with Gasteiger partial charge in [0.1, 0.15) is 5.82 Å². The number of primary amides is 1. The summed E-state index contributed by atoms with van der Waals surface area (Å²) < 4.78 is 1.66. The maximum absolute atomic E-state index is 12.9. The van der Waals surface area contributed by atoms with Gasteiger partial charge in [-0.05, 0) is 51.0 Å². The lowest BCUT2D eigenvalue weighted by atomic mass is 9.97. The van der Waals surface area contributed by atoms with Gasteiger partial charge in [-0.3, -0.25) is 14.4 Å². The molecular formula is C24H26N6O3. The van der Waals surface area contributed by atoms with Gasteiger partial charge in [0.2, 0.25) is 5.91 Å². The van der Waals surface area contributed by atoms with Crippen LogP contribution in [0.15, 0.2) is 48.7 Å². The van der Waals surface area contributed by atoms with Crippen molar-refractivity contribution in [2.24, 2.45) is 11.7 Å². The summed E-state index contributed by atoms with van der Waals surface area (Å²) in [4.78, 5) is 43.5. The van der Waals surface area contributed by atoms with E-state index < -0.39 is 11.7 Å². The van der Waals surface area contributed by atoms with Gasteiger partial charge >= 0.3 is 0 Å². The molecule has 0 saturated carbocycles. The first-order valence-corrected chi connectivity index (χ1v) is 10.8. The van der Waals surface area contributed by atoms with E-state index in [1.54, 1.807) is 30.7 Å². The van der Waals surface area contributed by atoms with Crippen molar-refractivity contribution >= 4 is 29.1 Å². The largest absolute Gasteiger partial charge is 0.369 e. The molecule has 1 aliphatic rings. The molecule has 1 saturated heterocycles. The zero-order valence-electron chi connectivity index (χ0n) is 18.6. The average Bonchev–Trinajstić information content (AvgIpc) is 3.13. The highest BCUT2D eigenvalue weighted by Crippen LogP contribution is 2.23. The first-order chi connectivity index (χ1) is 15.8. The molecule has 3 N–H and O–H groups in total. The van der Waals surface area contributed by atoms with Crippen LogP contribution in [0.25, 0.3) is 5.69 Å². The molecule has 0 aliphatic carbocycles. The lowest BCUT2D eigenvalue weighted by Crippen LogP contribution is -2.41. The Morgan fingerprint density at radius 3 is 2.52 bits per heavy atom. The molecule has 33 heavy (non-hydrogen) atoms. The zero-order valence-corrected chi connectivity index (χ0v) is 18.6. The highest BCUT2D eigenvalue weighted by Gasteiger charge is 2.26. The second kappa shape index (κ2) is 9.23. The number of piperidine rings is 1. The van der Waals surface area contributed by atoms with Crippen LogP contribution in [0.4, 0.5) is 11.5 Å². The Hall–Kier alpha value is -4.01. The lowest BCUT2D eigenvalue weighted by Gasteiger charge is -2.32. The van der Waals surface area contributed by atoms with Gasteiger partial charge in [0.15, 0.2) is 0 Å². The van der Waals surface area contributed by atoms with Gasteiger partial charge in [-0.1, -0.05) is 18.2 Å². The number of aryl methyl sites for hydroxylation is 1. The molecular weight excluding hydrogens is 420 g/mol. The SMILES string of the molecule is Cc1nn(-c2ccccc2)c(C)c1C(=O)C(=O)Nc1ccc(N2CCCC(C(N)=O)C2)nc1. The number of hydrogen-bond donors (Lipinski definition) is 2. The lowest BCUT2D eigenvalue weighted by molar-refractivity contribution is -0.122. The zero-order chi connectivity index (χ0) is 23.5.